The van der Waals surface area contributed by atoms with Gasteiger partial charge in [0.1, 0.15) is 17.1 Å². The number of carbonyl (C=O) groups is 3. The number of fused-ring (bicyclic) bond motifs is 1. The molecule has 34 heavy (non-hydrogen) atoms. The number of hydrogen-bond acceptors (Lipinski definition) is 7. The number of likely N-dealkylation sites (tertiary alicyclic amines) is 1. The molecule has 11 heteroatoms. The van der Waals surface area contributed by atoms with Crippen molar-refractivity contribution in [2.45, 2.75) is 52.6 Å². The van der Waals surface area contributed by atoms with Gasteiger partial charge in [-0.15, -0.1) is 0 Å². The third-order valence-corrected chi connectivity index (χ3v) is 5.55. The average molecular weight is 467 g/mol. The van der Waals surface area contributed by atoms with Crippen molar-refractivity contribution in [2.75, 3.05) is 6.61 Å². The van der Waals surface area contributed by atoms with Gasteiger partial charge in [0.2, 0.25) is 11.8 Å². The molecule has 1 saturated heterocycles. The first-order valence-corrected chi connectivity index (χ1v) is 11.2. The molecule has 3 heterocycles. The van der Waals surface area contributed by atoms with Crippen LogP contribution in [0.2, 0.25) is 0 Å². The van der Waals surface area contributed by atoms with Crippen molar-refractivity contribution >= 4 is 28.9 Å². The SMILES string of the molecule is CCCn1c(=O)c2[nH]c(-c3ccc(OCC(=O)N4C(=O)CCC4=O)cc3)nc2n(CCC)c1=O. The minimum absolute atomic E-state index is 0.0341. The quantitative estimate of drug-likeness (QED) is 0.495. The number of nitrogens with zero attached hydrogens (tertiary/aromatic N) is 4. The van der Waals surface area contributed by atoms with Crippen LogP contribution in [0, 0.1) is 0 Å². The Balaban J connectivity index is 1.58. The second-order valence-corrected chi connectivity index (χ2v) is 8.00. The largest absolute Gasteiger partial charge is 0.484 e. The summed E-state index contributed by atoms with van der Waals surface area (Å²) in [5.74, 6) is -0.954. The minimum Gasteiger partial charge on any atom is -0.484 e. The second kappa shape index (κ2) is 9.46. The molecule has 1 fully saturated rings. The standard InChI is InChI=1S/C23H25N5O6/c1-3-11-26-21-19(22(32)27(12-4-2)23(26)33)24-20(25-21)14-5-7-15(8-6-14)34-13-18(31)28-16(29)9-10-17(28)30/h5-8H,3-4,9-13H2,1-2H3,(H,24,25). The minimum atomic E-state index is -0.703. The van der Waals surface area contributed by atoms with E-state index in [1.54, 1.807) is 24.3 Å². The molecular weight excluding hydrogens is 442 g/mol. The summed E-state index contributed by atoms with van der Waals surface area (Å²) >= 11 is 0. The van der Waals surface area contributed by atoms with Crippen LogP contribution in [-0.2, 0) is 27.5 Å². The van der Waals surface area contributed by atoms with E-state index in [2.05, 4.69) is 9.97 Å². The van der Waals surface area contributed by atoms with Crippen molar-refractivity contribution in [1.82, 2.24) is 24.0 Å². The summed E-state index contributed by atoms with van der Waals surface area (Å²) < 4.78 is 8.17. The Morgan fingerprint density at radius 2 is 1.59 bits per heavy atom. The van der Waals surface area contributed by atoms with E-state index in [1.165, 1.54) is 9.13 Å². The van der Waals surface area contributed by atoms with Crippen molar-refractivity contribution in [3.63, 3.8) is 0 Å². The van der Waals surface area contributed by atoms with E-state index in [1.807, 2.05) is 13.8 Å². The maximum Gasteiger partial charge on any atom is 0.332 e. The molecule has 3 aromatic rings. The molecule has 4 rings (SSSR count). The van der Waals surface area contributed by atoms with Gasteiger partial charge in [-0.3, -0.25) is 28.3 Å². The van der Waals surface area contributed by atoms with Crippen LogP contribution >= 0.6 is 0 Å². The van der Waals surface area contributed by atoms with E-state index >= 15 is 0 Å². The van der Waals surface area contributed by atoms with Gasteiger partial charge in [0.05, 0.1) is 0 Å². The fourth-order valence-electron chi connectivity index (χ4n) is 3.92. The molecule has 1 aliphatic heterocycles. The fourth-order valence-corrected chi connectivity index (χ4v) is 3.92. The maximum atomic E-state index is 12.9. The number of carbonyl (C=O) groups excluding carboxylic acids is 3. The number of H-pyrrole nitrogens is 1. The number of benzene rings is 1. The lowest BCUT2D eigenvalue weighted by molar-refractivity contribution is -0.150. The highest BCUT2D eigenvalue weighted by atomic mass is 16.5. The fraction of sp³-hybridized carbons (Fsp3) is 0.391. The van der Waals surface area contributed by atoms with E-state index in [9.17, 15) is 24.0 Å². The lowest BCUT2D eigenvalue weighted by Gasteiger charge is -2.12. The Hall–Kier alpha value is -4.02. The average Bonchev–Trinajstić information content (AvgIpc) is 3.42. The van der Waals surface area contributed by atoms with Crippen LogP contribution in [0.4, 0.5) is 0 Å². The number of nitrogens with one attached hydrogen (secondary N) is 1. The smallest absolute Gasteiger partial charge is 0.332 e. The van der Waals surface area contributed by atoms with E-state index < -0.39 is 29.9 Å². The molecule has 3 amide bonds. The normalized spacial score (nSPS) is 13.8. The van der Waals surface area contributed by atoms with E-state index in [0.29, 0.717) is 53.6 Å². The lowest BCUT2D eigenvalue weighted by atomic mass is 10.2. The van der Waals surface area contributed by atoms with Gasteiger partial charge in [0.25, 0.3) is 11.5 Å². The molecule has 2 aromatic heterocycles. The molecular formula is C23H25N5O6. The van der Waals surface area contributed by atoms with Crippen LogP contribution in [0.15, 0.2) is 33.9 Å². The summed E-state index contributed by atoms with van der Waals surface area (Å²) in [6.45, 7) is 4.16. The highest BCUT2D eigenvalue weighted by Crippen LogP contribution is 2.22. The first kappa shape index (κ1) is 23.1. The van der Waals surface area contributed by atoms with Gasteiger partial charge in [0, 0.05) is 31.5 Å². The van der Waals surface area contributed by atoms with Crippen molar-refractivity contribution in [2.24, 2.45) is 0 Å². The summed E-state index contributed by atoms with van der Waals surface area (Å²) in [4.78, 5) is 69.3. The van der Waals surface area contributed by atoms with Gasteiger partial charge in [-0.2, -0.15) is 0 Å². The van der Waals surface area contributed by atoms with Gasteiger partial charge in [-0.1, -0.05) is 13.8 Å². The monoisotopic (exact) mass is 467 g/mol. The third-order valence-electron chi connectivity index (χ3n) is 5.55. The van der Waals surface area contributed by atoms with E-state index in [4.69, 9.17) is 4.74 Å². The topological polar surface area (TPSA) is 136 Å². The van der Waals surface area contributed by atoms with Gasteiger partial charge in [0.15, 0.2) is 12.3 Å². The van der Waals surface area contributed by atoms with Gasteiger partial charge < -0.3 is 9.72 Å². The summed E-state index contributed by atoms with van der Waals surface area (Å²) in [5.41, 5.74) is 0.448. The molecule has 1 aromatic carbocycles. The maximum absolute atomic E-state index is 12.9. The number of hydrogen-bond donors (Lipinski definition) is 1. The third kappa shape index (κ3) is 4.16. The second-order valence-electron chi connectivity index (χ2n) is 8.00. The van der Waals surface area contributed by atoms with Gasteiger partial charge in [-0.25, -0.2) is 14.7 Å². The van der Waals surface area contributed by atoms with Crippen LogP contribution in [0.5, 0.6) is 5.75 Å². The zero-order chi connectivity index (χ0) is 24.4. The molecule has 1 aliphatic rings. The summed E-state index contributed by atoms with van der Waals surface area (Å²) in [6.07, 6.45) is 1.43. The first-order valence-electron chi connectivity index (χ1n) is 11.2. The predicted molar refractivity (Wildman–Crippen MR) is 122 cm³/mol. The van der Waals surface area contributed by atoms with E-state index in [-0.39, 0.29) is 24.0 Å². The predicted octanol–water partition coefficient (Wildman–Crippen LogP) is 1.43. The van der Waals surface area contributed by atoms with Crippen LogP contribution in [0.1, 0.15) is 39.5 Å². The first-order chi connectivity index (χ1) is 16.3. The summed E-state index contributed by atoms with van der Waals surface area (Å²) in [6, 6.07) is 6.60. The van der Waals surface area contributed by atoms with Crippen molar-refractivity contribution in [1.29, 1.82) is 0 Å². The molecule has 11 nitrogen and oxygen atoms in total. The van der Waals surface area contributed by atoms with Crippen LogP contribution < -0.4 is 16.0 Å². The van der Waals surface area contributed by atoms with Crippen LogP contribution in [0.3, 0.4) is 0 Å². The number of aromatic amines is 1. The number of rotatable bonds is 8. The molecule has 0 radical (unpaired) electrons. The molecule has 0 bridgehead atoms. The molecule has 178 valence electrons. The molecule has 0 spiro atoms. The Labute approximate surface area is 194 Å². The number of amides is 3. The summed E-state index contributed by atoms with van der Waals surface area (Å²) in [7, 11) is 0. The zero-order valence-electron chi connectivity index (χ0n) is 19.0. The number of aromatic nitrogens is 4. The Morgan fingerprint density at radius 3 is 2.21 bits per heavy atom. The number of imide groups is 3. The van der Waals surface area contributed by atoms with E-state index in [0.717, 1.165) is 0 Å². The highest BCUT2D eigenvalue weighted by Gasteiger charge is 2.34. The van der Waals surface area contributed by atoms with Crippen molar-refractivity contribution < 1.29 is 19.1 Å². The lowest BCUT2D eigenvalue weighted by Crippen LogP contribution is -2.40. The number of aryl methyl sites for hydroxylation is 1. The van der Waals surface area contributed by atoms with Gasteiger partial charge >= 0.3 is 5.69 Å². The zero-order valence-corrected chi connectivity index (χ0v) is 19.0. The van der Waals surface area contributed by atoms with Crippen molar-refractivity contribution in [3.05, 3.63) is 45.1 Å². The molecule has 0 aliphatic carbocycles. The molecule has 1 N–H and O–H groups in total. The number of ether oxygens (including phenoxy) is 1. The Kier molecular flexibility index (Phi) is 6.44. The highest BCUT2D eigenvalue weighted by molar-refractivity contribution is 6.15. The Morgan fingerprint density at radius 1 is 0.971 bits per heavy atom. The molecule has 0 atom stereocenters. The summed E-state index contributed by atoms with van der Waals surface area (Å²) in [5, 5.41) is 0. The van der Waals surface area contributed by atoms with Gasteiger partial charge in [-0.05, 0) is 37.1 Å². The van der Waals surface area contributed by atoms with Crippen molar-refractivity contribution in [3.8, 4) is 17.1 Å². The Bertz CT molecular complexity index is 1370. The van der Waals surface area contributed by atoms with Crippen LogP contribution in [-0.4, -0.2) is 48.3 Å². The number of imidazole rings is 1. The van der Waals surface area contributed by atoms with Crippen LogP contribution in [0.25, 0.3) is 22.6 Å². The molecule has 0 unspecified atom stereocenters. The molecule has 0 saturated carbocycles.